The summed E-state index contributed by atoms with van der Waals surface area (Å²) in [5, 5.41) is 7.87. The topological polar surface area (TPSA) is 89.6 Å². The van der Waals surface area contributed by atoms with Crippen molar-refractivity contribution < 1.29 is 8.42 Å². The predicted octanol–water partition coefficient (Wildman–Crippen LogP) is 3.48. The Labute approximate surface area is 206 Å². The summed E-state index contributed by atoms with van der Waals surface area (Å²) in [6.45, 7) is 2.56. The Morgan fingerprint density at radius 1 is 1.06 bits per heavy atom. The first-order valence-corrected chi connectivity index (χ1v) is 12.1. The van der Waals surface area contributed by atoms with Gasteiger partial charge in [0.25, 0.3) is 0 Å². The smallest absolute Gasteiger partial charge is 0.243 e. The first kappa shape index (κ1) is 24.5. The first-order valence-electron chi connectivity index (χ1n) is 10.7. The van der Waals surface area contributed by atoms with E-state index < -0.39 is 10.0 Å². The van der Waals surface area contributed by atoms with Gasteiger partial charge in [0.15, 0.2) is 5.96 Å². The van der Waals surface area contributed by atoms with Gasteiger partial charge in [-0.2, -0.15) is 4.31 Å². The number of aliphatic imine (C=N–C) groups is 1. The van der Waals surface area contributed by atoms with E-state index in [4.69, 9.17) is 0 Å². The Kier molecular flexibility index (Phi) is 8.55. The van der Waals surface area contributed by atoms with Crippen LogP contribution in [0.25, 0.3) is 10.9 Å². The van der Waals surface area contributed by atoms with Crippen molar-refractivity contribution in [3.8, 4) is 0 Å². The van der Waals surface area contributed by atoms with Gasteiger partial charge in [-0.05, 0) is 48.6 Å². The summed E-state index contributed by atoms with van der Waals surface area (Å²) in [4.78, 5) is 7.94. The van der Waals surface area contributed by atoms with E-state index in [-0.39, 0.29) is 24.0 Å². The zero-order valence-corrected chi connectivity index (χ0v) is 21.3. The molecule has 7 nitrogen and oxygen atoms in total. The third-order valence-electron chi connectivity index (χ3n) is 5.67. The molecule has 32 heavy (non-hydrogen) atoms. The molecule has 1 aliphatic heterocycles. The second-order valence-electron chi connectivity index (χ2n) is 7.72. The van der Waals surface area contributed by atoms with Crippen LogP contribution in [-0.4, -0.2) is 50.3 Å². The van der Waals surface area contributed by atoms with Gasteiger partial charge >= 0.3 is 0 Å². The quantitative estimate of drug-likeness (QED) is 0.232. The maximum atomic E-state index is 12.6. The van der Waals surface area contributed by atoms with Crippen molar-refractivity contribution in [2.45, 2.75) is 30.7 Å². The fourth-order valence-electron chi connectivity index (χ4n) is 3.92. The lowest BCUT2D eigenvalue weighted by Crippen LogP contribution is -2.37. The zero-order valence-electron chi connectivity index (χ0n) is 18.2. The number of aromatic amines is 1. The number of hydrogen-bond acceptors (Lipinski definition) is 3. The minimum absolute atomic E-state index is 0. The molecule has 3 N–H and O–H groups in total. The highest BCUT2D eigenvalue weighted by Crippen LogP contribution is 2.21. The van der Waals surface area contributed by atoms with Crippen molar-refractivity contribution in [2.75, 3.05) is 26.7 Å². The molecule has 0 amide bonds. The molecule has 0 atom stereocenters. The minimum Gasteiger partial charge on any atom is -0.361 e. The third kappa shape index (κ3) is 5.62. The maximum absolute atomic E-state index is 12.6. The number of hydrogen-bond donors (Lipinski definition) is 3. The van der Waals surface area contributed by atoms with Crippen molar-refractivity contribution in [2.24, 2.45) is 4.99 Å². The highest BCUT2D eigenvalue weighted by atomic mass is 127. The van der Waals surface area contributed by atoms with Crippen LogP contribution in [0, 0.1) is 0 Å². The number of aromatic nitrogens is 1. The standard InChI is InChI=1S/C23H29N5O2S.HI/c1-24-23(25-13-12-19-17-26-22-7-3-2-6-21(19)22)27-16-18-8-10-20(11-9-18)31(29,30)28-14-4-5-15-28;/h2-3,6-11,17,26H,4-5,12-16H2,1H3,(H2,24,25,27);1H. The minimum atomic E-state index is -3.37. The number of guanidine groups is 1. The summed E-state index contributed by atoms with van der Waals surface area (Å²) in [5.74, 6) is 0.716. The molecule has 2 aromatic carbocycles. The molecule has 0 unspecified atom stereocenters. The maximum Gasteiger partial charge on any atom is 0.243 e. The highest BCUT2D eigenvalue weighted by molar-refractivity contribution is 14.0. The summed E-state index contributed by atoms with van der Waals surface area (Å²) >= 11 is 0. The molecule has 1 fully saturated rings. The van der Waals surface area contributed by atoms with Gasteiger partial charge < -0.3 is 15.6 Å². The van der Waals surface area contributed by atoms with Crippen molar-refractivity contribution >= 4 is 50.9 Å². The van der Waals surface area contributed by atoms with Crippen molar-refractivity contribution in [3.63, 3.8) is 0 Å². The van der Waals surface area contributed by atoms with Gasteiger partial charge in [0.1, 0.15) is 0 Å². The van der Waals surface area contributed by atoms with Gasteiger partial charge in [0.2, 0.25) is 10.0 Å². The van der Waals surface area contributed by atoms with E-state index in [0.717, 1.165) is 36.9 Å². The van der Waals surface area contributed by atoms with Gasteiger partial charge in [0, 0.05) is 50.3 Å². The lowest BCUT2D eigenvalue weighted by molar-refractivity contribution is 0.477. The molecule has 172 valence electrons. The number of fused-ring (bicyclic) bond motifs is 1. The largest absolute Gasteiger partial charge is 0.361 e. The summed E-state index contributed by atoms with van der Waals surface area (Å²) in [7, 11) is -1.62. The molecular weight excluding hydrogens is 537 g/mol. The van der Waals surface area contributed by atoms with Gasteiger partial charge in [0.05, 0.1) is 4.90 Å². The molecule has 0 radical (unpaired) electrons. The summed E-state index contributed by atoms with van der Waals surface area (Å²) in [6.07, 6.45) is 4.81. The van der Waals surface area contributed by atoms with Crippen LogP contribution in [0.1, 0.15) is 24.0 Å². The number of sulfonamides is 1. The molecular formula is C23H30IN5O2S. The summed E-state index contributed by atoms with van der Waals surface area (Å²) in [5.41, 5.74) is 3.42. The van der Waals surface area contributed by atoms with Crippen LogP contribution in [-0.2, 0) is 23.0 Å². The van der Waals surface area contributed by atoms with Gasteiger partial charge in [-0.3, -0.25) is 4.99 Å². The second-order valence-corrected chi connectivity index (χ2v) is 9.66. The van der Waals surface area contributed by atoms with Gasteiger partial charge in [-0.15, -0.1) is 24.0 Å². The van der Waals surface area contributed by atoms with E-state index in [1.165, 1.54) is 10.9 Å². The third-order valence-corrected chi connectivity index (χ3v) is 7.58. The molecule has 2 heterocycles. The number of nitrogens with one attached hydrogen (secondary N) is 3. The van der Waals surface area contributed by atoms with Crippen LogP contribution in [0.4, 0.5) is 0 Å². The molecule has 1 aliphatic rings. The van der Waals surface area contributed by atoms with Crippen LogP contribution in [0.15, 0.2) is 64.6 Å². The van der Waals surface area contributed by atoms with Crippen LogP contribution < -0.4 is 10.6 Å². The average Bonchev–Trinajstić information content (AvgIpc) is 3.47. The summed E-state index contributed by atoms with van der Waals surface area (Å²) < 4.78 is 26.8. The zero-order chi connectivity index (χ0) is 21.7. The fraction of sp³-hybridized carbons (Fsp3) is 0.348. The van der Waals surface area contributed by atoms with Crippen LogP contribution in [0.5, 0.6) is 0 Å². The van der Waals surface area contributed by atoms with Crippen molar-refractivity contribution in [3.05, 3.63) is 65.9 Å². The van der Waals surface area contributed by atoms with Crippen LogP contribution in [0.3, 0.4) is 0 Å². The van der Waals surface area contributed by atoms with Crippen LogP contribution >= 0.6 is 24.0 Å². The molecule has 1 aromatic heterocycles. The van der Waals surface area contributed by atoms with E-state index in [2.05, 4.69) is 45.0 Å². The van der Waals surface area contributed by atoms with E-state index in [9.17, 15) is 8.42 Å². The Bertz CT molecular complexity index is 1150. The van der Waals surface area contributed by atoms with Gasteiger partial charge in [-0.1, -0.05) is 30.3 Å². The molecule has 1 saturated heterocycles. The SMILES string of the molecule is CN=C(NCCc1c[nH]c2ccccc12)NCc1ccc(S(=O)(=O)N2CCCC2)cc1.I. The fourth-order valence-corrected chi connectivity index (χ4v) is 5.43. The number of nitrogens with zero attached hydrogens (tertiary/aromatic N) is 2. The molecule has 0 aliphatic carbocycles. The molecule has 0 saturated carbocycles. The molecule has 3 aromatic rings. The molecule has 9 heteroatoms. The Balaban J connectivity index is 0.00000289. The van der Waals surface area contributed by atoms with E-state index in [0.29, 0.717) is 30.5 Å². The van der Waals surface area contributed by atoms with Crippen LogP contribution in [0.2, 0.25) is 0 Å². The number of halogens is 1. The van der Waals surface area contributed by atoms with E-state index >= 15 is 0 Å². The normalized spacial score (nSPS) is 15.0. The van der Waals surface area contributed by atoms with Crippen molar-refractivity contribution in [1.82, 2.24) is 19.9 Å². The van der Waals surface area contributed by atoms with E-state index in [1.807, 2.05) is 18.2 Å². The molecule has 4 rings (SSSR count). The number of benzene rings is 2. The van der Waals surface area contributed by atoms with Crippen molar-refractivity contribution in [1.29, 1.82) is 0 Å². The lowest BCUT2D eigenvalue weighted by Gasteiger charge is -2.16. The second kappa shape index (κ2) is 11.2. The Morgan fingerprint density at radius 3 is 2.50 bits per heavy atom. The monoisotopic (exact) mass is 567 g/mol. The first-order chi connectivity index (χ1) is 15.1. The van der Waals surface area contributed by atoms with E-state index in [1.54, 1.807) is 23.5 Å². The Hall–Kier alpha value is -2.11. The summed E-state index contributed by atoms with van der Waals surface area (Å²) in [6, 6.07) is 15.4. The van der Waals surface area contributed by atoms with Gasteiger partial charge in [-0.25, -0.2) is 8.42 Å². The predicted molar refractivity (Wildman–Crippen MR) is 140 cm³/mol. The lowest BCUT2D eigenvalue weighted by atomic mass is 10.1. The molecule has 0 bridgehead atoms. The Morgan fingerprint density at radius 2 is 1.78 bits per heavy atom. The average molecular weight is 567 g/mol. The number of rotatable bonds is 7. The number of para-hydroxylation sites is 1. The highest BCUT2D eigenvalue weighted by Gasteiger charge is 2.26. The number of H-pyrrole nitrogens is 1. The molecule has 0 spiro atoms.